The maximum Gasteiger partial charge on any atom is 0.234 e. The van der Waals surface area contributed by atoms with Crippen molar-refractivity contribution in [3.05, 3.63) is 63.9 Å². The lowest BCUT2D eigenvalue weighted by Gasteiger charge is -2.10. The van der Waals surface area contributed by atoms with Gasteiger partial charge in [0.15, 0.2) is 5.16 Å². The highest BCUT2D eigenvalue weighted by atomic mass is 35.5. The van der Waals surface area contributed by atoms with E-state index < -0.39 is 0 Å². The van der Waals surface area contributed by atoms with E-state index in [1.54, 1.807) is 0 Å². The number of hydrogen-bond acceptors (Lipinski definition) is 5. The van der Waals surface area contributed by atoms with Gasteiger partial charge in [0.1, 0.15) is 11.6 Å². The van der Waals surface area contributed by atoms with Gasteiger partial charge in [0.05, 0.1) is 12.4 Å². The van der Waals surface area contributed by atoms with Gasteiger partial charge < -0.3 is 14.6 Å². The molecule has 1 aromatic heterocycles. The number of anilines is 1. The topological polar surface area (TPSA) is 69.0 Å². The molecule has 0 atom stereocenters. The van der Waals surface area contributed by atoms with E-state index in [2.05, 4.69) is 21.6 Å². The fraction of sp³-hybridized carbons (Fsp3) is 0.348. The van der Waals surface area contributed by atoms with Gasteiger partial charge in [0.2, 0.25) is 5.91 Å². The molecule has 0 unspecified atom stereocenters. The smallest absolute Gasteiger partial charge is 0.234 e. The standard InChI is InChI=1S/C23H27ClN4O2S/c1-15-7-9-19(16(2)12-15)25-22(29)14-31-23-27-26-21(28(23)4)6-5-11-30-20-10-8-18(24)13-17(20)3/h7-10,12-13H,5-6,11,14H2,1-4H3,(H,25,29). The molecule has 1 amide bonds. The Morgan fingerprint density at radius 3 is 2.68 bits per heavy atom. The van der Waals surface area contributed by atoms with Gasteiger partial charge in [-0.3, -0.25) is 4.79 Å². The van der Waals surface area contributed by atoms with E-state index in [0.717, 1.165) is 46.4 Å². The van der Waals surface area contributed by atoms with Crippen LogP contribution in [0.5, 0.6) is 5.75 Å². The molecule has 3 rings (SSSR count). The number of ether oxygens (including phenoxy) is 1. The Hall–Kier alpha value is -2.51. The highest BCUT2D eigenvalue weighted by Gasteiger charge is 2.12. The van der Waals surface area contributed by atoms with Gasteiger partial charge in [0.25, 0.3) is 0 Å². The van der Waals surface area contributed by atoms with Crippen molar-refractivity contribution in [2.75, 3.05) is 17.7 Å². The second-order valence-electron chi connectivity index (χ2n) is 7.47. The number of nitrogens with one attached hydrogen (secondary N) is 1. The SMILES string of the molecule is Cc1ccc(NC(=O)CSc2nnc(CCCOc3ccc(Cl)cc3C)n2C)c(C)c1. The predicted molar refractivity (Wildman–Crippen MR) is 126 cm³/mol. The molecule has 0 radical (unpaired) electrons. The normalized spacial score (nSPS) is 10.9. The van der Waals surface area contributed by atoms with Crippen LogP contribution >= 0.6 is 23.4 Å². The third-order valence-corrected chi connectivity index (χ3v) is 6.11. The van der Waals surface area contributed by atoms with E-state index in [1.807, 2.05) is 62.7 Å². The third-order valence-electron chi connectivity index (χ3n) is 4.85. The van der Waals surface area contributed by atoms with Crippen LogP contribution in [-0.4, -0.2) is 33.0 Å². The molecule has 0 spiro atoms. The Labute approximate surface area is 192 Å². The highest BCUT2D eigenvalue weighted by Crippen LogP contribution is 2.22. The van der Waals surface area contributed by atoms with Crippen LogP contribution in [0.3, 0.4) is 0 Å². The second kappa shape index (κ2) is 10.7. The molecule has 164 valence electrons. The molecule has 0 saturated heterocycles. The summed E-state index contributed by atoms with van der Waals surface area (Å²) < 4.78 is 7.77. The minimum atomic E-state index is -0.0618. The number of thioether (sulfide) groups is 1. The average molecular weight is 459 g/mol. The molecule has 3 aromatic rings. The Bertz CT molecular complexity index is 1070. The lowest BCUT2D eigenvalue weighted by molar-refractivity contribution is -0.113. The summed E-state index contributed by atoms with van der Waals surface area (Å²) in [6, 6.07) is 11.6. The molecule has 1 N–H and O–H groups in total. The molecule has 0 aliphatic rings. The van der Waals surface area contributed by atoms with Crippen molar-refractivity contribution in [2.45, 2.75) is 38.8 Å². The molecule has 0 bridgehead atoms. The van der Waals surface area contributed by atoms with Crippen molar-refractivity contribution in [3.63, 3.8) is 0 Å². The molecule has 2 aromatic carbocycles. The molecular formula is C23H27ClN4O2S. The number of carbonyl (C=O) groups is 1. The Morgan fingerprint density at radius 1 is 1.13 bits per heavy atom. The van der Waals surface area contributed by atoms with Gasteiger partial charge in [-0.05, 0) is 62.6 Å². The summed E-state index contributed by atoms with van der Waals surface area (Å²) in [7, 11) is 1.92. The van der Waals surface area contributed by atoms with Crippen LogP contribution in [0.1, 0.15) is 28.9 Å². The quantitative estimate of drug-likeness (QED) is 0.355. The molecule has 31 heavy (non-hydrogen) atoms. The maximum atomic E-state index is 12.3. The molecule has 0 aliphatic carbocycles. The van der Waals surface area contributed by atoms with Crippen molar-refractivity contribution in [1.29, 1.82) is 0 Å². The van der Waals surface area contributed by atoms with Crippen LogP contribution in [0.25, 0.3) is 0 Å². The number of rotatable bonds is 9. The summed E-state index contributed by atoms with van der Waals surface area (Å²) in [5.74, 6) is 1.92. The predicted octanol–water partition coefficient (Wildman–Crippen LogP) is 5.14. The zero-order valence-corrected chi connectivity index (χ0v) is 19.8. The molecule has 0 saturated carbocycles. The first kappa shape index (κ1) is 23.2. The highest BCUT2D eigenvalue weighted by molar-refractivity contribution is 7.99. The second-order valence-corrected chi connectivity index (χ2v) is 8.85. The first-order chi connectivity index (χ1) is 14.8. The van der Waals surface area contributed by atoms with Crippen LogP contribution in [0.4, 0.5) is 5.69 Å². The summed E-state index contributed by atoms with van der Waals surface area (Å²) in [6.45, 7) is 6.58. The van der Waals surface area contributed by atoms with E-state index >= 15 is 0 Å². The third kappa shape index (κ3) is 6.48. The van der Waals surface area contributed by atoms with Crippen LogP contribution in [0.15, 0.2) is 41.6 Å². The summed E-state index contributed by atoms with van der Waals surface area (Å²) in [6.07, 6.45) is 1.55. The zero-order valence-electron chi connectivity index (χ0n) is 18.2. The van der Waals surface area contributed by atoms with Crippen molar-refractivity contribution in [3.8, 4) is 5.75 Å². The number of benzene rings is 2. The van der Waals surface area contributed by atoms with Gasteiger partial charge in [-0.1, -0.05) is 41.1 Å². The summed E-state index contributed by atoms with van der Waals surface area (Å²) >= 11 is 7.35. The van der Waals surface area contributed by atoms with E-state index in [0.29, 0.717) is 11.6 Å². The fourth-order valence-electron chi connectivity index (χ4n) is 3.15. The van der Waals surface area contributed by atoms with Gasteiger partial charge in [0, 0.05) is 24.2 Å². The number of amides is 1. The average Bonchev–Trinajstić information content (AvgIpc) is 3.07. The zero-order chi connectivity index (χ0) is 22.4. The lowest BCUT2D eigenvalue weighted by atomic mass is 10.1. The summed E-state index contributed by atoms with van der Waals surface area (Å²) in [5, 5.41) is 12.9. The Balaban J connectivity index is 1.45. The van der Waals surface area contributed by atoms with Crippen LogP contribution < -0.4 is 10.1 Å². The van der Waals surface area contributed by atoms with Crippen molar-refractivity contribution in [2.24, 2.45) is 7.05 Å². The number of carbonyl (C=O) groups excluding carboxylic acids is 1. The molecule has 8 heteroatoms. The van der Waals surface area contributed by atoms with Crippen LogP contribution in [0, 0.1) is 20.8 Å². The van der Waals surface area contributed by atoms with Crippen LogP contribution in [0.2, 0.25) is 5.02 Å². The monoisotopic (exact) mass is 458 g/mol. The Morgan fingerprint density at radius 2 is 1.94 bits per heavy atom. The maximum absolute atomic E-state index is 12.3. The summed E-state index contributed by atoms with van der Waals surface area (Å²) in [5.41, 5.74) is 4.08. The van der Waals surface area contributed by atoms with E-state index in [9.17, 15) is 4.79 Å². The van der Waals surface area contributed by atoms with Gasteiger partial charge in [-0.15, -0.1) is 10.2 Å². The van der Waals surface area contributed by atoms with Crippen molar-refractivity contribution >= 4 is 35.0 Å². The van der Waals surface area contributed by atoms with Gasteiger partial charge in [-0.25, -0.2) is 0 Å². The number of aromatic nitrogens is 3. The number of halogens is 1. The number of aryl methyl sites for hydroxylation is 4. The van der Waals surface area contributed by atoms with Gasteiger partial charge in [-0.2, -0.15) is 0 Å². The lowest BCUT2D eigenvalue weighted by Crippen LogP contribution is -2.15. The number of hydrogen-bond donors (Lipinski definition) is 1. The van der Waals surface area contributed by atoms with E-state index in [4.69, 9.17) is 16.3 Å². The number of nitrogens with zero attached hydrogens (tertiary/aromatic N) is 3. The molecule has 1 heterocycles. The molecule has 0 aliphatic heterocycles. The first-order valence-corrected chi connectivity index (χ1v) is 11.5. The van der Waals surface area contributed by atoms with E-state index in [1.165, 1.54) is 17.3 Å². The molecular weight excluding hydrogens is 432 g/mol. The molecule has 0 fully saturated rings. The van der Waals surface area contributed by atoms with E-state index in [-0.39, 0.29) is 11.7 Å². The Kier molecular flexibility index (Phi) is 7.98. The molecule has 6 nitrogen and oxygen atoms in total. The van der Waals surface area contributed by atoms with Crippen molar-refractivity contribution in [1.82, 2.24) is 14.8 Å². The minimum absolute atomic E-state index is 0.0618. The van der Waals surface area contributed by atoms with Crippen LogP contribution in [-0.2, 0) is 18.3 Å². The van der Waals surface area contributed by atoms with Gasteiger partial charge >= 0.3 is 0 Å². The largest absolute Gasteiger partial charge is 0.493 e. The first-order valence-electron chi connectivity index (χ1n) is 10.1. The summed E-state index contributed by atoms with van der Waals surface area (Å²) in [4.78, 5) is 12.3. The van der Waals surface area contributed by atoms with Crippen molar-refractivity contribution < 1.29 is 9.53 Å². The minimum Gasteiger partial charge on any atom is -0.493 e. The fourth-order valence-corrected chi connectivity index (χ4v) is 4.10.